The average Bonchev–Trinajstić information content (AvgIpc) is 4.00. The van der Waals surface area contributed by atoms with Crippen LogP contribution in [0.1, 0.15) is 74.1 Å². The molecule has 0 radical (unpaired) electrons. The Labute approximate surface area is 357 Å². The quantitative estimate of drug-likeness (QED) is 0.193. The van der Waals surface area contributed by atoms with Crippen molar-refractivity contribution in [1.82, 2.24) is 49.8 Å². The number of halogens is 2. The molecule has 0 aliphatic carbocycles. The van der Waals surface area contributed by atoms with Crippen LogP contribution >= 0.6 is 0 Å². The molecule has 16 nitrogen and oxygen atoms in total. The zero-order chi connectivity index (χ0) is 42.7. The Morgan fingerprint density at radius 2 is 1.03 bits per heavy atom. The largest absolute Gasteiger partial charge is 0.394 e. The van der Waals surface area contributed by atoms with E-state index in [1.165, 1.54) is 18.2 Å². The van der Waals surface area contributed by atoms with Crippen molar-refractivity contribution in [2.45, 2.75) is 76.5 Å². The lowest BCUT2D eigenvalue weighted by atomic mass is 9.99. The summed E-state index contributed by atoms with van der Waals surface area (Å²) < 4.78 is 29.0. The minimum absolute atomic E-state index is 0.00585. The number of hydrogen-bond acceptors (Lipinski definition) is 16. The molecule has 18 heteroatoms. The summed E-state index contributed by atoms with van der Waals surface area (Å²) in [4.78, 5) is 52.4. The van der Waals surface area contributed by atoms with Crippen molar-refractivity contribution in [3.8, 4) is 23.3 Å². The number of aliphatic hydroxyl groups is 2. The molecule has 10 rings (SSSR count). The molecule has 0 spiro atoms. The fourth-order valence-electron chi connectivity index (χ4n) is 9.04. The molecular weight excluding hydrogens is 795 g/mol. The molecule has 4 atom stereocenters. The fraction of sp³-hybridized carbons (Fsp3) is 0.409. The Morgan fingerprint density at radius 1 is 0.548 bits per heavy atom. The van der Waals surface area contributed by atoms with Gasteiger partial charge in [0.25, 0.3) is 0 Å². The Bertz CT molecular complexity index is 2330. The van der Waals surface area contributed by atoms with Gasteiger partial charge < -0.3 is 29.8 Å². The van der Waals surface area contributed by atoms with Gasteiger partial charge in [-0.2, -0.15) is 4.39 Å². The van der Waals surface area contributed by atoms with E-state index in [0.717, 1.165) is 67.0 Å². The molecule has 4 unspecified atom stereocenters. The molecule has 6 aromatic heterocycles. The molecule has 4 aliphatic heterocycles. The van der Waals surface area contributed by atoms with E-state index in [-0.39, 0.29) is 43.2 Å². The molecule has 0 bridgehead atoms. The van der Waals surface area contributed by atoms with Crippen molar-refractivity contribution in [3.63, 3.8) is 0 Å². The van der Waals surface area contributed by atoms with Crippen molar-refractivity contribution in [2.24, 2.45) is 0 Å². The first-order valence-corrected chi connectivity index (χ1v) is 21.2. The summed E-state index contributed by atoms with van der Waals surface area (Å²) in [6.45, 7) is 7.14. The fourth-order valence-corrected chi connectivity index (χ4v) is 9.04. The molecule has 0 amide bonds. The first kappa shape index (κ1) is 41.0. The van der Waals surface area contributed by atoms with Crippen LogP contribution in [0.4, 0.5) is 31.9 Å². The number of pyridine rings is 2. The third kappa shape index (κ3) is 8.31. The van der Waals surface area contributed by atoms with E-state index in [1.807, 2.05) is 23.4 Å². The smallest absolute Gasteiger partial charge is 0.216 e. The van der Waals surface area contributed by atoms with Crippen molar-refractivity contribution in [2.75, 3.05) is 59.0 Å². The van der Waals surface area contributed by atoms with E-state index in [0.29, 0.717) is 66.7 Å². The number of aliphatic hydroxyl groups excluding tert-OH is 2. The topological polar surface area (TPSA) is 182 Å². The van der Waals surface area contributed by atoms with Gasteiger partial charge in [0.2, 0.25) is 5.95 Å². The Hall–Kier alpha value is -6.40. The Morgan fingerprint density at radius 3 is 1.56 bits per heavy atom. The Kier molecular flexibility index (Phi) is 11.8. The molecule has 62 heavy (non-hydrogen) atoms. The normalized spacial score (nSPS) is 20.7. The minimum Gasteiger partial charge on any atom is -0.394 e. The highest BCUT2D eigenvalue weighted by Crippen LogP contribution is 2.37. The molecule has 6 aromatic rings. The lowest BCUT2D eigenvalue weighted by Crippen LogP contribution is -2.37. The summed E-state index contributed by atoms with van der Waals surface area (Å²) in [6, 6.07) is 9.74. The number of nitrogens with zero attached hydrogens (tertiary/aromatic N) is 14. The molecule has 0 aromatic carbocycles. The number of rotatable bonds is 8. The summed E-state index contributed by atoms with van der Waals surface area (Å²) >= 11 is 0. The second-order valence-electron chi connectivity index (χ2n) is 15.9. The maximum absolute atomic E-state index is 14.5. The maximum atomic E-state index is 14.5. The van der Waals surface area contributed by atoms with Crippen molar-refractivity contribution < 1.29 is 19.0 Å². The predicted octanol–water partition coefficient (Wildman–Crippen LogP) is 5.11. The third-order valence-corrected chi connectivity index (χ3v) is 12.3. The average molecular weight is 843 g/mol. The van der Waals surface area contributed by atoms with Gasteiger partial charge in [-0.3, -0.25) is 0 Å². The van der Waals surface area contributed by atoms with E-state index in [1.54, 1.807) is 36.9 Å². The first-order chi connectivity index (χ1) is 30.3. The van der Waals surface area contributed by atoms with Gasteiger partial charge in [-0.15, -0.1) is 0 Å². The van der Waals surface area contributed by atoms with Crippen LogP contribution < -0.4 is 19.6 Å². The lowest BCUT2D eigenvalue weighted by Gasteiger charge is -2.36. The van der Waals surface area contributed by atoms with Crippen LogP contribution in [0.15, 0.2) is 73.6 Å². The van der Waals surface area contributed by atoms with Crippen molar-refractivity contribution in [3.05, 3.63) is 108 Å². The number of hydrogen-bond donors (Lipinski definition) is 2. The summed E-state index contributed by atoms with van der Waals surface area (Å²) in [5.41, 5.74) is 4.67. The standard InChI is InChI=1S/2C22H24FN7O/c1-14-17-12-26-22(21-24-6-3-7-25-21)27-18(17)5-9-29(14)19-10-15(23)11-20(28-19)30-8-2-4-16(30)13-31;1-14-17-12-26-22(21-24-6-3-7-25-21)27-18(17)5-9-29(14)20-11-16(10-19(23)28-20)30-8-2-4-15(30)13-31/h3,6-7,10-12,14,16,31H,2,4-5,8-9,13H2,1H3;3,6-7,10-12,14-15,31H,2,4-5,8-9,13H2,1H3. The zero-order valence-corrected chi connectivity index (χ0v) is 34.6. The van der Waals surface area contributed by atoms with Crippen LogP contribution in [0.3, 0.4) is 0 Å². The highest BCUT2D eigenvalue weighted by molar-refractivity contribution is 5.59. The van der Waals surface area contributed by atoms with Crippen LogP contribution in [0.25, 0.3) is 23.3 Å². The van der Waals surface area contributed by atoms with E-state index >= 15 is 0 Å². The van der Waals surface area contributed by atoms with Crippen molar-refractivity contribution in [1.29, 1.82) is 0 Å². The predicted molar refractivity (Wildman–Crippen MR) is 228 cm³/mol. The SMILES string of the molecule is CC1c2cnc(-c3ncccn3)nc2CCN1c1cc(F)cc(N2CCCC2CO)n1.CC1c2cnc(-c3ncccn3)nc2CCN1c1cc(N2CCCC2CO)cc(F)n1. The zero-order valence-electron chi connectivity index (χ0n) is 34.6. The lowest BCUT2D eigenvalue weighted by molar-refractivity contribution is 0.266. The van der Waals surface area contributed by atoms with Crippen LogP contribution in [0.2, 0.25) is 0 Å². The molecule has 10 heterocycles. The van der Waals surface area contributed by atoms with Crippen LogP contribution in [-0.2, 0) is 12.8 Å². The van der Waals surface area contributed by atoms with Gasteiger partial charge >= 0.3 is 0 Å². The van der Waals surface area contributed by atoms with Gasteiger partial charge in [0.05, 0.1) is 48.8 Å². The number of anilines is 4. The molecule has 2 saturated heterocycles. The Balaban J connectivity index is 0.000000158. The summed E-state index contributed by atoms with van der Waals surface area (Å²) in [5, 5.41) is 19.3. The third-order valence-electron chi connectivity index (χ3n) is 12.3. The maximum Gasteiger partial charge on any atom is 0.216 e. The second-order valence-corrected chi connectivity index (χ2v) is 15.9. The molecule has 2 fully saturated rings. The van der Waals surface area contributed by atoms with E-state index in [9.17, 15) is 19.0 Å². The van der Waals surface area contributed by atoms with Gasteiger partial charge in [-0.05, 0) is 51.7 Å². The summed E-state index contributed by atoms with van der Waals surface area (Å²) in [6.07, 6.45) is 15.5. The molecule has 320 valence electrons. The highest BCUT2D eigenvalue weighted by atomic mass is 19.1. The van der Waals surface area contributed by atoms with Gasteiger partial charge in [-0.1, -0.05) is 0 Å². The van der Waals surface area contributed by atoms with Gasteiger partial charge in [0.15, 0.2) is 23.3 Å². The first-order valence-electron chi connectivity index (χ1n) is 21.2. The van der Waals surface area contributed by atoms with Gasteiger partial charge in [0, 0.05) is 117 Å². The monoisotopic (exact) mass is 842 g/mol. The van der Waals surface area contributed by atoms with E-state index < -0.39 is 5.95 Å². The van der Waals surface area contributed by atoms with Crippen molar-refractivity contribution >= 4 is 23.1 Å². The van der Waals surface area contributed by atoms with Crippen LogP contribution in [-0.4, -0.2) is 112 Å². The summed E-state index contributed by atoms with van der Waals surface area (Å²) in [5.74, 6) is 2.94. The molecule has 2 N–H and O–H groups in total. The van der Waals surface area contributed by atoms with Crippen LogP contribution in [0, 0.1) is 11.8 Å². The summed E-state index contributed by atoms with van der Waals surface area (Å²) in [7, 11) is 0. The molecular formula is C44H48F2N14O2. The molecule has 4 aliphatic rings. The number of aromatic nitrogens is 10. The molecule has 0 saturated carbocycles. The number of fused-ring (bicyclic) bond motifs is 2. The van der Waals surface area contributed by atoms with E-state index in [4.69, 9.17) is 4.98 Å². The van der Waals surface area contributed by atoms with Gasteiger partial charge in [0.1, 0.15) is 23.3 Å². The highest BCUT2D eigenvalue weighted by Gasteiger charge is 2.32. The minimum atomic E-state index is -0.512. The van der Waals surface area contributed by atoms with Gasteiger partial charge in [-0.25, -0.2) is 54.2 Å². The van der Waals surface area contributed by atoms with Crippen LogP contribution in [0.5, 0.6) is 0 Å². The second kappa shape index (κ2) is 17.9. The van der Waals surface area contributed by atoms with E-state index in [2.05, 4.69) is 73.4 Å².